The van der Waals surface area contributed by atoms with Crippen molar-refractivity contribution < 1.29 is 4.79 Å². The van der Waals surface area contributed by atoms with E-state index in [1.807, 2.05) is 36.9 Å². The standard InChI is InChI=1S/C15H20ClNO/c1-10-5-4-6-13(12(10)3)15(18)17-8-7-14(16)11(2)9-17/h4-6,11,14H,7-9H2,1-3H3. The van der Waals surface area contributed by atoms with E-state index in [0.29, 0.717) is 5.92 Å². The van der Waals surface area contributed by atoms with Crippen LogP contribution in [-0.4, -0.2) is 29.3 Å². The number of benzene rings is 1. The molecule has 1 amide bonds. The van der Waals surface area contributed by atoms with Crippen molar-refractivity contribution in [2.24, 2.45) is 5.92 Å². The molecule has 0 N–H and O–H groups in total. The molecule has 0 aromatic heterocycles. The van der Waals surface area contributed by atoms with Crippen LogP contribution in [0.5, 0.6) is 0 Å². The van der Waals surface area contributed by atoms with Gasteiger partial charge in [0, 0.05) is 24.0 Å². The molecule has 0 radical (unpaired) electrons. The molecule has 0 saturated carbocycles. The monoisotopic (exact) mass is 265 g/mol. The SMILES string of the molecule is Cc1cccc(C(=O)N2CCC(Cl)C(C)C2)c1C. The minimum absolute atomic E-state index is 0.145. The predicted octanol–water partition coefficient (Wildman–Crippen LogP) is 3.39. The number of aryl methyl sites for hydroxylation is 1. The number of hydrogen-bond acceptors (Lipinski definition) is 1. The maximum atomic E-state index is 12.5. The number of halogens is 1. The van der Waals surface area contributed by atoms with Gasteiger partial charge < -0.3 is 4.90 Å². The van der Waals surface area contributed by atoms with Crippen molar-refractivity contribution in [3.05, 3.63) is 34.9 Å². The molecule has 1 aromatic rings. The first-order valence-electron chi connectivity index (χ1n) is 6.50. The van der Waals surface area contributed by atoms with Gasteiger partial charge in [0.1, 0.15) is 0 Å². The third-order valence-corrected chi connectivity index (χ3v) is 4.57. The van der Waals surface area contributed by atoms with Crippen LogP contribution in [0.25, 0.3) is 0 Å². The quantitative estimate of drug-likeness (QED) is 0.713. The lowest BCUT2D eigenvalue weighted by molar-refractivity contribution is 0.0686. The zero-order chi connectivity index (χ0) is 13.3. The molecule has 1 aromatic carbocycles. The van der Waals surface area contributed by atoms with Crippen molar-refractivity contribution in [3.8, 4) is 0 Å². The number of rotatable bonds is 1. The van der Waals surface area contributed by atoms with E-state index in [2.05, 4.69) is 6.92 Å². The summed E-state index contributed by atoms with van der Waals surface area (Å²) < 4.78 is 0. The van der Waals surface area contributed by atoms with Crippen molar-refractivity contribution in [2.75, 3.05) is 13.1 Å². The Morgan fingerprint density at radius 1 is 1.39 bits per heavy atom. The van der Waals surface area contributed by atoms with E-state index in [1.54, 1.807) is 0 Å². The maximum Gasteiger partial charge on any atom is 0.254 e. The molecule has 98 valence electrons. The Balaban J connectivity index is 2.19. The average Bonchev–Trinajstić information content (AvgIpc) is 2.35. The van der Waals surface area contributed by atoms with Gasteiger partial charge in [0.15, 0.2) is 0 Å². The minimum atomic E-state index is 0.145. The molecule has 1 aliphatic rings. The van der Waals surface area contributed by atoms with E-state index >= 15 is 0 Å². The Hall–Kier alpha value is -1.02. The first-order valence-corrected chi connectivity index (χ1v) is 6.94. The second-order valence-electron chi connectivity index (χ2n) is 5.28. The van der Waals surface area contributed by atoms with Crippen molar-refractivity contribution in [1.29, 1.82) is 0 Å². The molecule has 0 bridgehead atoms. The fourth-order valence-corrected chi connectivity index (χ4v) is 2.63. The number of carbonyl (C=O) groups is 1. The van der Waals surface area contributed by atoms with Crippen LogP contribution in [0, 0.1) is 19.8 Å². The predicted molar refractivity (Wildman–Crippen MR) is 75.2 cm³/mol. The second-order valence-corrected chi connectivity index (χ2v) is 5.84. The van der Waals surface area contributed by atoms with Crippen LogP contribution in [0.3, 0.4) is 0 Å². The number of likely N-dealkylation sites (tertiary alicyclic amines) is 1. The molecule has 0 spiro atoms. The van der Waals surface area contributed by atoms with E-state index in [1.165, 1.54) is 5.56 Å². The summed E-state index contributed by atoms with van der Waals surface area (Å²) in [5.41, 5.74) is 3.08. The zero-order valence-electron chi connectivity index (χ0n) is 11.2. The largest absolute Gasteiger partial charge is 0.338 e. The van der Waals surface area contributed by atoms with E-state index < -0.39 is 0 Å². The summed E-state index contributed by atoms with van der Waals surface area (Å²) in [6.45, 7) is 7.70. The lowest BCUT2D eigenvalue weighted by Gasteiger charge is -2.34. The summed E-state index contributed by atoms with van der Waals surface area (Å²) in [5, 5.41) is 0.202. The van der Waals surface area contributed by atoms with Gasteiger partial charge in [-0.1, -0.05) is 19.1 Å². The Bertz CT molecular complexity index is 458. The lowest BCUT2D eigenvalue weighted by Crippen LogP contribution is -2.43. The number of nitrogens with zero attached hydrogens (tertiary/aromatic N) is 1. The van der Waals surface area contributed by atoms with Crippen LogP contribution in [0.1, 0.15) is 34.8 Å². The average molecular weight is 266 g/mol. The molecule has 2 nitrogen and oxygen atoms in total. The van der Waals surface area contributed by atoms with Crippen molar-refractivity contribution in [1.82, 2.24) is 4.90 Å². The molecule has 1 aliphatic heterocycles. The van der Waals surface area contributed by atoms with Crippen molar-refractivity contribution in [3.63, 3.8) is 0 Å². The number of piperidine rings is 1. The third-order valence-electron chi connectivity index (χ3n) is 3.92. The van der Waals surface area contributed by atoms with E-state index in [9.17, 15) is 4.79 Å². The van der Waals surface area contributed by atoms with Crippen LogP contribution in [0.2, 0.25) is 0 Å². The van der Waals surface area contributed by atoms with Gasteiger partial charge in [0.2, 0.25) is 0 Å². The fraction of sp³-hybridized carbons (Fsp3) is 0.533. The normalized spacial score (nSPS) is 24.1. The lowest BCUT2D eigenvalue weighted by atomic mass is 9.97. The van der Waals surface area contributed by atoms with Crippen molar-refractivity contribution >= 4 is 17.5 Å². The summed E-state index contributed by atoms with van der Waals surface area (Å²) in [4.78, 5) is 14.4. The Kier molecular flexibility index (Phi) is 3.96. The molecule has 0 aliphatic carbocycles. The molecule has 2 unspecified atom stereocenters. The molecule has 3 heteroatoms. The maximum absolute atomic E-state index is 12.5. The number of alkyl halides is 1. The molecule has 1 fully saturated rings. The summed E-state index contributed by atoms with van der Waals surface area (Å²) in [6, 6.07) is 5.91. The number of amides is 1. The third kappa shape index (κ3) is 2.54. The van der Waals surface area contributed by atoms with Crippen LogP contribution < -0.4 is 0 Å². The van der Waals surface area contributed by atoms with E-state index in [-0.39, 0.29) is 11.3 Å². The van der Waals surface area contributed by atoms with Crippen LogP contribution >= 0.6 is 11.6 Å². The summed E-state index contributed by atoms with van der Waals surface area (Å²) >= 11 is 6.20. The minimum Gasteiger partial charge on any atom is -0.338 e. The molecule has 1 heterocycles. The molecule has 2 rings (SSSR count). The Labute approximate surface area is 114 Å². The van der Waals surface area contributed by atoms with Crippen molar-refractivity contribution in [2.45, 2.75) is 32.6 Å². The number of hydrogen-bond donors (Lipinski definition) is 0. The smallest absolute Gasteiger partial charge is 0.254 e. The molecular formula is C15H20ClNO. The van der Waals surface area contributed by atoms with Gasteiger partial charge in [-0.3, -0.25) is 4.79 Å². The van der Waals surface area contributed by atoms with Gasteiger partial charge in [0.05, 0.1) is 0 Å². The topological polar surface area (TPSA) is 20.3 Å². The highest BCUT2D eigenvalue weighted by molar-refractivity contribution is 6.20. The first-order chi connectivity index (χ1) is 8.50. The highest BCUT2D eigenvalue weighted by Crippen LogP contribution is 2.24. The van der Waals surface area contributed by atoms with Gasteiger partial charge in [0.25, 0.3) is 5.91 Å². The van der Waals surface area contributed by atoms with Crippen LogP contribution in [0.4, 0.5) is 0 Å². The second kappa shape index (κ2) is 5.31. The van der Waals surface area contributed by atoms with Gasteiger partial charge in [-0.2, -0.15) is 0 Å². The molecule has 1 saturated heterocycles. The Morgan fingerprint density at radius 2 is 2.11 bits per heavy atom. The zero-order valence-corrected chi connectivity index (χ0v) is 12.0. The van der Waals surface area contributed by atoms with Gasteiger partial charge in [-0.15, -0.1) is 11.6 Å². The van der Waals surface area contributed by atoms with E-state index in [4.69, 9.17) is 11.6 Å². The molecular weight excluding hydrogens is 246 g/mol. The first kappa shape index (κ1) is 13.4. The van der Waals surface area contributed by atoms with E-state index in [0.717, 1.165) is 30.6 Å². The van der Waals surface area contributed by atoms with Gasteiger partial charge in [-0.25, -0.2) is 0 Å². The van der Waals surface area contributed by atoms with Gasteiger partial charge >= 0.3 is 0 Å². The Morgan fingerprint density at radius 3 is 2.78 bits per heavy atom. The van der Waals surface area contributed by atoms with Crippen LogP contribution in [0.15, 0.2) is 18.2 Å². The van der Waals surface area contributed by atoms with Crippen LogP contribution in [-0.2, 0) is 0 Å². The fourth-order valence-electron chi connectivity index (χ4n) is 2.45. The highest BCUT2D eigenvalue weighted by atomic mass is 35.5. The summed E-state index contributed by atoms with van der Waals surface area (Å²) in [6.07, 6.45) is 0.888. The number of carbonyl (C=O) groups excluding carboxylic acids is 1. The molecule has 2 atom stereocenters. The molecule has 18 heavy (non-hydrogen) atoms. The van der Waals surface area contributed by atoms with Gasteiger partial charge in [-0.05, 0) is 43.4 Å². The highest BCUT2D eigenvalue weighted by Gasteiger charge is 2.28. The summed E-state index contributed by atoms with van der Waals surface area (Å²) in [5.74, 6) is 0.515. The summed E-state index contributed by atoms with van der Waals surface area (Å²) in [7, 11) is 0.